The summed E-state index contributed by atoms with van der Waals surface area (Å²) in [5, 5.41) is 12.3. The molecule has 1 aliphatic heterocycles. The first kappa shape index (κ1) is 14.3. The largest absolute Gasteiger partial charge is 0.465 e. The molecule has 8 nitrogen and oxygen atoms in total. The van der Waals surface area contributed by atoms with E-state index in [1.807, 2.05) is 11.5 Å². The van der Waals surface area contributed by atoms with Crippen LogP contribution in [-0.4, -0.2) is 54.8 Å². The van der Waals surface area contributed by atoms with Crippen molar-refractivity contribution in [3.05, 3.63) is 18.7 Å². The fraction of sp³-hybridized carbons (Fsp3) is 0.429. The van der Waals surface area contributed by atoms with Gasteiger partial charge in [-0.15, -0.1) is 0 Å². The van der Waals surface area contributed by atoms with E-state index < -0.39 is 6.09 Å². The first-order chi connectivity index (χ1) is 10.6. The molecule has 1 aliphatic rings. The molecule has 0 radical (unpaired) electrons. The molecule has 0 aliphatic carbocycles. The highest BCUT2D eigenvalue weighted by Crippen LogP contribution is 2.23. The van der Waals surface area contributed by atoms with E-state index in [0.29, 0.717) is 24.4 Å². The van der Waals surface area contributed by atoms with Gasteiger partial charge in [0.15, 0.2) is 17.0 Å². The number of aromatic nitrogens is 4. The van der Waals surface area contributed by atoms with Crippen molar-refractivity contribution >= 4 is 29.2 Å². The number of nitrogens with one attached hydrogen (secondary N) is 1. The van der Waals surface area contributed by atoms with Crippen LogP contribution in [0, 0.1) is 0 Å². The van der Waals surface area contributed by atoms with Crippen LogP contribution in [0.4, 0.5) is 10.6 Å². The van der Waals surface area contributed by atoms with E-state index in [0.717, 1.165) is 24.4 Å². The Balaban J connectivity index is 1.90. The fourth-order valence-corrected chi connectivity index (χ4v) is 2.77. The molecule has 1 saturated heterocycles. The van der Waals surface area contributed by atoms with Gasteiger partial charge in [0.05, 0.1) is 0 Å². The summed E-state index contributed by atoms with van der Waals surface area (Å²) in [6.45, 7) is 7.51. The molecule has 0 bridgehead atoms. The van der Waals surface area contributed by atoms with Crippen LogP contribution < -0.4 is 5.32 Å². The third kappa shape index (κ3) is 2.36. The minimum atomic E-state index is -0.888. The van der Waals surface area contributed by atoms with E-state index >= 15 is 0 Å². The summed E-state index contributed by atoms with van der Waals surface area (Å²) in [6, 6.07) is 0.0353. The summed E-state index contributed by atoms with van der Waals surface area (Å²) in [4.78, 5) is 25.5. The second kappa shape index (κ2) is 5.63. The minimum absolute atomic E-state index is 0.0353. The van der Waals surface area contributed by atoms with Gasteiger partial charge in [-0.25, -0.2) is 19.7 Å². The molecule has 1 amide bonds. The number of carbonyl (C=O) groups is 1. The lowest BCUT2D eigenvalue weighted by molar-refractivity contribution is 0.155. The van der Waals surface area contributed by atoms with E-state index in [1.165, 1.54) is 11.2 Å². The molecule has 1 unspecified atom stereocenters. The Morgan fingerprint density at radius 2 is 2.41 bits per heavy atom. The van der Waals surface area contributed by atoms with Gasteiger partial charge in [-0.05, 0) is 19.4 Å². The maximum atomic E-state index is 11.0. The highest BCUT2D eigenvalue weighted by Gasteiger charge is 2.27. The molecule has 22 heavy (non-hydrogen) atoms. The smallest absolute Gasteiger partial charge is 0.407 e. The number of amides is 1. The summed E-state index contributed by atoms with van der Waals surface area (Å²) in [6.07, 6.45) is 3.05. The third-order valence-electron chi connectivity index (χ3n) is 3.86. The molecule has 0 spiro atoms. The molecule has 2 aromatic heterocycles. The zero-order chi connectivity index (χ0) is 15.7. The fourth-order valence-electron chi connectivity index (χ4n) is 2.77. The summed E-state index contributed by atoms with van der Waals surface area (Å²) in [5.74, 6) is 1.39. The average molecular weight is 302 g/mol. The highest BCUT2D eigenvalue weighted by molar-refractivity contribution is 5.84. The van der Waals surface area contributed by atoms with Gasteiger partial charge in [-0.1, -0.05) is 6.58 Å². The normalized spacial score (nSPS) is 17.9. The zero-order valence-corrected chi connectivity index (χ0v) is 12.4. The molecular formula is C14H18N6O2. The van der Waals surface area contributed by atoms with Crippen LogP contribution in [0.3, 0.4) is 0 Å². The molecule has 3 rings (SSSR count). The van der Waals surface area contributed by atoms with E-state index in [1.54, 1.807) is 6.08 Å². The Morgan fingerprint density at radius 3 is 3.05 bits per heavy atom. The third-order valence-corrected chi connectivity index (χ3v) is 3.86. The highest BCUT2D eigenvalue weighted by atomic mass is 16.4. The number of carboxylic acid groups (broad SMARTS) is 1. The van der Waals surface area contributed by atoms with Gasteiger partial charge >= 0.3 is 6.09 Å². The van der Waals surface area contributed by atoms with Crippen molar-refractivity contribution in [3.8, 4) is 0 Å². The Hall–Kier alpha value is -2.64. The van der Waals surface area contributed by atoms with Crippen molar-refractivity contribution in [1.82, 2.24) is 24.4 Å². The summed E-state index contributed by atoms with van der Waals surface area (Å²) in [7, 11) is 0. The minimum Gasteiger partial charge on any atom is -0.465 e. The number of anilines is 1. The second-order valence-electron chi connectivity index (χ2n) is 5.17. The summed E-state index contributed by atoms with van der Waals surface area (Å²) < 4.78 is 1.97. The first-order valence-corrected chi connectivity index (χ1v) is 7.22. The average Bonchev–Trinajstić information content (AvgIpc) is 3.11. The Labute approximate surface area is 127 Å². The molecule has 1 atom stereocenters. The van der Waals surface area contributed by atoms with Gasteiger partial charge < -0.3 is 19.9 Å². The topological polar surface area (TPSA) is 96.2 Å². The van der Waals surface area contributed by atoms with Crippen molar-refractivity contribution in [1.29, 1.82) is 0 Å². The van der Waals surface area contributed by atoms with Gasteiger partial charge in [0, 0.05) is 25.7 Å². The quantitative estimate of drug-likeness (QED) is 0.891. The molecule has 1 fully saturated rings. The van der Waals surface area contributed by atoms with Gasteiger partial charge in [-0.2, -0.15) is 0 Å². The number of nitrogens with zero attached hydrogens (tertiary/aromatic N) is 5. The van der Waals surface area contributed by atoms with Crippen molar-refractivity contribution in [2.24, 2.45) is 0 Å². The predicted molar refractivity (Wildman–Crippen MR) is 82.7 cm³/mol. The van der Waals surface area contributed by atoms with E-state index in [9.17, 15) is 4.79 Å². The number of hydrogen-bond acceptors (Lipinski definition) is 5. The van der Waals surface area contributed by atoms with Crippen LogP contribution >= 0.6 is 0 Å². The van der Waals surface area contributed by atoms with Crippen LogP contribution in [0.25, 0.3) is 17.2 Å². The standard InChI is InChI=1S/C14H18N6O2/c1-3-10-18-11-12(15-8-16-13(11)20(10)4-2)17-9-5-6-19(7-9)14(21)22/h3,8-9H,1,4-7H2,2H3,(H,21,22)(H,15,16,17). The Morgan fingerprint density at radius 1 is 1.59 bits per heavy atom. The number of aryl methyl sites for hydroxylation is 1. The SMILES string of the molecule is C=Cc1nc2c(NC3CCN(C(=O)O)C3)ncnc2n1CC. The number of rotatable bonds is 4. The summed E-state index contributed by atoms with van der Waals surface area (Å²) in [5.41, 5.74) is 1.44. The second-order valence-corrected chi connectivity index (χ2v) is 5.17. The van der Waals surface area contributed by atoms with Crippen molar-refractivity contribution in [2.45, 2.75) is 25.9 Å². The van der Waals surface area contributed by atoms with Gasteiger partial charge in [0.2, 0.25) is 0 Å². The van der Waals surface area contributed by atoms with Crippen LogP contribution in [-0.2, 0) is 6.54 Å². The Kier molecular flexibility index (Phi) is 3.66. The molecule has 3 heterocycles. The zero-order valence-electron chi connectivity index (χ0n) is 12.4. The lowest BCUT2D eigenvalue weighted by atomic mass is 10.2. The Bertz CT molecular complexity index is 725. The van der Waals surface area contributed by atoms with E-state index in [-0.39, 0.29) is 6.04 Å². The van der Waals surface area contributed by atoms with Crippen molar-refractivity contribution in [3.63, 3.8) is 0 Å². The van der Waals surface area contributed by atoms with Gasteiger partial charge in [0.25, 0.3) is 0 Å². The van der Waals surface area contributed by atoms with E-state index in [4.69, 9.17) is 5.11 Å². The van der Waals surface area contributed by atoms with Crippen LogP contribution in [0.1, 0.15) is 19.2 Å². The predicted octanol–water partition coefficient (Wildman–Crippen LogP) is 1.65. The van der Waals surface area contributed by atoms with Crippen LogP contribution in [0.2, 0.25) is 0 Å². The van der Waals surface area contributed by atoms with Gasteiger partial charge in [-0.3, -0.25) is 0 Å². The van der Waals surface area contributed by atoms with E-state index in [2.05, 4.69) is 26.8 Å². The maximum Gasteiger partial charge on any atom is 0.407 e. The maximum absolute atomic E-state index is 11.0. The number of likely N-dealkylation sites (tertiary alicyclic amines) is 1. The lowest BCUT2D eigenvalue weighted by Crippen LogP contribution is -2.30. The number of imidazole rings is 1. The molecule has 116 valence electrons. The molecule has 0 saturated carbocycles. The molecule has 2 aromatic rings. The van der Waals surface area contributed by atoms with Crippen molar-refractivity contribution in [2.75, 3.05) is 18.4 Å². The van der Waals surface area contributed by atoms with Crippen LogP contribution in [0.15, 0.2) is 12.9 Å². The molecular weight excluding hydrogens is 284 g/mol. The number of fused-ring (bicyclic) bond motifs is 1. The molecule has 2 N–H and O–H groups in total. The summed E-state index contributed by atoms with van der Waals surface area (Å²) >= 11 is 0. The van der Waals surface area contributed by atoms with Gasteiger partial charge in [0.1, 0.15) is 12.2 Å². The molecule has 8 heteroatoms. The van der Waals surface area contributed by atoms with Crippen molar-refractivity contribution < 1.29 is 9.90 Å². The number of hydrogen-bond donors (Lipinski definition) is 2. The monoisotopic (exact) mass is 302 g/mol. The van der Waals surface area contributed by atoms with Crippen LogP contribution in [0.5, 0.6) is 0 Å². The lowest BCUT2D eigenvalue weighted by Gasteiger charge is -2.14. The molecule has 0 aromatic carbocycles. The first-order valence-electron chi connectivity index (χ1n) is 7.22.